The molecule has 0 aliphatic carbocycles. The van der Waals surface area contributed by atoms with Crippen LogP contribution in [-0.4, -0.2) is 19.0 Å². The normalized spacial score (nSPS) is 14.6. The number of amides is 1. The average molecular weight is 384 g/mol. The summed E-state index contributed by atoms with van der Waals surface area (Å²) in [6.45, 7) is 2.11. The van der Waals surface area contributed by atoms with Crippen LogP contribution in [0.2, 0.25) is 5.02 Å². The number of nitriles is 1. The largest absolute Gasteiger partial charge is 0.372 e. The topological polar surface area (TPSA) is 56.1 Å². The predicted octanol–water partition coefficient (Wildman–Crippen LogP) is 5.02. The molecule has 1 N–H and O–H groups in total. The average Bonchev–Trinajstić information content (AvgIpc) is 2.70. The monoisotopic (exact) mass is 383 g/mol. The second-order valence-electron chi connectivity index (χ2n) is 6.39. The molecular formula is C21H19ClFN3O. The summed E-state index contributed by atoms with van der Waals surface area (Å²) in [6, 6.07) is 13.6. The van der Waals surface area contributed by atoms with Crippen molar-refractivity contribution in [2.75, 3.05) is 23.3 Å². The van der Waals surface area contributed by atoms with Gasteiger partial charge in [0.25, 0.3) is 5.91 Å². The van der Waals surface area contributed by atoms with Gasteiger partial charge in [-0.25, -0.2) is 4.39 Å². The van der Waals surface area contributed by atoms with Crippen molar-refractivity contribution in [3.8, 4) is 6.07 Å². The lowest BCUT2D eigenvalue weighted by molar-refractivity contribution is -0.112. The molecule has 1 aliphatic rings. The smallest absolute Gasteiger partial charge is 0.266 e. The van der Waals surface area contributed by atoms with Crippen LogP contribution in [-0.2, 0) is 4.79 Å². The lowest BCUT2D eigenvalue weighted by Crippen LogP contribution is -2.29. The maximum absolute atomic E-state index is 13.2. The van der Waals surface area contributed by atoms with E-state index in [1.165, 1.54) is 37.5 Å². The lowest BCUT2D eigenvalue weighted by atomic mass is 10.1. The van der Waals surface area contributed by atoms with E-state index in [4.69, 9.17) is 11.6 Å². The van der Waals surface area contributed by atoms with Gasteiger partial charge in [0.05, 0.1) is 5.02 Å². The van der Waals surface area contributed by atoms with Gasteiger partial charge in [0, 0.05) is 24.5 Å². The molecule has 0 spiro atoms. The maximum Gasteiger partial charge on any atom is 0.266 e. The summed E-state index contributed by atoms with van der Waals surface area (Å²) in [5, 5.41) is 11.8. The van der Waals surface area contributed by atoms with Gasteiger partial charge in [0.15, 0.2) is 0 Å². The first-order chi connectivity index (χ1) is 13.1. The molecule has 27 heavy (non-hydrogen) atoms. The molecule has 0 unspecified atom stereocenters. The van der Waals surface area contributed by atoms with Crippen molar-refractivity contribution in [1.82, 2.24) is 0 Å². The van der Waals surface area contributed by atoms with E-state index in [9.17, 15) is 14.4 Å². The molecular weight excluding hydrogens is 365 g/mol. The Morgan fingerprint density at radius 1 is 1.15 bits per heavy atom. The Bertz CT molecular complexity index is 897. The van der Waals surface area contributed by atoms with Gasteiger partial charge >= 0.3 is 0 Å². The molecule has 0 saturated carbocycles. The van der Waals surface area contributed by atoms with Crippen LogP contribution in [0.4, 0.5) is 15.8 Å². The Morgan fingerprint density at radius 3 is 2.48 bits per heavy atom. The highest BCUT2D eigenvalue weighted by atomic mass is 35.5. The minimum Gasteiger partial charge on any atom is -0.372 e. The number of hydrogen-bond donors (Lipinski definition) is 1. The van der Waals surface area contributed by atoms with Gasteiger partial charge in [-0.05, 0) is 61.2 Å². The summed E-state index contributed by atoms with van der Waals surface area (Å²) in [5.41, 5.74) is 2.20. The van der Waals surface area contributed by atoms with E-state index in [1.54, 1.807) is 0 Å². The molecule has 0 atom stereocenters. The SMILES string of the molecule is N#C/C(=C\c1ccc(N2CCCCC2)cc1)C(=O)Nc1ccc(F)c(Cl)c1. The highest BCUT2D eigenvalue weighted by Crippen LogP contribution is 2.22. The maximum atomic E-state index is 13.2. The summed E-state index contributed by atoms with van der Waals surface area (Å²) in [7, 11) is 0. The fraction of sp³-hybridized carbons (Fsp3) is 0.238. The molecule has 0 bridgehead atoms. The van der Waals surface area contributed by atoms with Gasteiger partial charge < -0.3 is 10.2 Å². The van der Waals surface area contributed by atoms with E-state index in [-0.39, 0.29) is 10.6 Å². The number of carbonyl (C=O) groups is 1. The number of anilines is 2. The Labute approximate surface area is 162 Å². The number of benzene rings is 2. The molecule has 0 radical (unpaired) electrons. The van der Waals surface area contributed by atoms with Gasteiger partial charge in [0.2, 0.25) is 0 Å². The number of nitrogens with one attached hydrogen (secondary N) is 1. The van der Waals surface area contributed by atoms with Crippen LogP contribution in [0.1, 0.15) is 24.8 Å². The zero-order valence-corrected chi connectivity index (χ0v) is 15.5. The summed E-state index contributed by atoms with van der Waals surface area (Å²) in [6.07, 6.45) is 5.21. The van der Waals surface area contributed by atoms with Gasteiger partial charge in [-0.1, -0.05) is 23.7 Å². The standard InChI is InChI=1S/C21H19ClFN3O/c22-19-13-17(6-9-20(19)23)25-21(27)16(14-24)12-15-4-7-18(8-5-15)26-10-2-1-3-11-26/h4-9,12-13H,1-3,10-11H2,(H,25,27)/b16-12+. The molecule has 1 saturated heterocycles. The van der Waals surface area contributed by atoms with E-state index in [0.717, 1.165) is 30.4 Å². The Hall–Kier alpha value is -2.84. The highest BCUT2D eigenvalue weighted by Gasteiger charge is 2.12. The number of piperidine rings is 1. The van der Waals surface area contributed by atoms with Crippen molar-refractivity contribution in [2.24, 2.45) is 0 Å². The van der Waals surface area contributed by atoms with Crippen molar-refractivity contribution < 1.29 is 9.18 Å². The Kier molecular flexibility index (Phi) is 6.10. The first-order valence-corrected chi connectivity index (χ1v) is 9.18. The molecule has 3 rings (SSSR count). The summed E-state index contributed by atoms with van der Waals surface area (Å²) in [5.74, 6) is -1.14. The number of rotatable bonds is 4. The van der Waals surface area contributed by atoms with Crippen LogP contribution in [0.5, 0.6) is 0 Å². The van der Waals surface area contributed by atoms with Crippen LogP contribution < -0.4 is 10.2 Å². The molecule has 138 valence electrons. The first kappa shape index (κ1) is 18.9. The molecule has 1 heterocycles. The first-order valence-electron chi connectivity index (χ1n) is 8.80. The van der Waals surface area contributed by atoms with Crippen LogP contribution in [0.25, 0.3) is 6.08 Å². The lowest BCUT2D eigenvalue weighted by Gasteiger charge is -2.28. The number of carbonyl (C=O) groups excluding carboxylic acids is 1. The fourth-order valence-corrected chi connectivity index (χ4v) is 3.20. The van der Waals surface area contributed by atoms with Crippen molar-refractivity contribution in [2.45, 2.75) is 19.3 Å². The van der Waals surface area contributed by atoms with Crippen LogP contribution in [0.3, 0.4) is 0 Å². The van der Waals surface area contributed by atoms with Crippen molar-refractivity contribution in [3.05, 3.63) is 64.4 Å². The zero-order chi connectivity index (χ0) is 19.2. The fourth-order valence-electron chi connectivity index (χ4n) is 3.02. The quantitative estimate of drug-likeness (QED) is 0.596. The molecule has 6 heteroatoms. The van der Waals surface area contributed by atoms with Gasteiger partial charge in [0.1, 0.15) is 17.5 Å². The highest BCUT2D eigenvalue weighted by molar-refractivity contribution is 6.31. The summed E-state index contributed by atoms with van der Waals surface area (Å²) >= 11 is 5.71. The van der Waals surface area contributed by atoms with Gasteiger partial charge in [-0.15, -0.1) is 0 Å². The van der Waals surface area contributed by atoms with Crippen LogP contribution in [0, 0.1) is 17.1 Å². The molecule has 2 aromatic rings. The van der Waals surface area contributed by atoms with Crippen LogP contribution in [0.15, 0.2) is 48.0 Å². The second-order valence-corrected chi connectivity index (χ2v) is 6.80. The molecule has 2 aromatic carbocycles. The van der Waals surface area contributed by atoms with Gasteiger partial charge in [-0.3, -0.25) is 4.79 Å². The number of nitrogens with zero attached hydrogens (tertiary/aromatic N) is 2. The zero-order valence-electron chi connectivity index (χ0n) is 14.7. The minimum atomic E-state index is -0.570. The molecule has 0 aromatic heterocycles. The predicted molar refractivity (Wildman–Crippen MR) is 106 cm³/mol. The van der Waals surface area contributed by atoms with E-state index >= 15 is 0 Å². The summed E-state index contributed by atoms with van der Waals surface area (Å²) < 4.78 is 13.2. The molecule has 4 nitrogen and oxygen atoms in total. The van der Waals surface area contributed by atoms with E-state index in [2.05, 4.69) is 10.2 Å². The molecule has 1 fully saturated rings. The van der Waals surface area contributed by atoms with E-state index < -0.39 is 11.7 Å². The molecule has 1 aliphatic heterocycles. The second kappa shape index (κ2) is 8.70. The van der Waals surface area contributed by atoms with E-state index in [1.807, 2.05) is 30.3 Å². The van der Waals surface area contributed by atoms with Gasteiger partial charge in [-0.2, -0.15) is 5.26 Å². The van der Waals surface area contributed by atoms with E-state index in [0.29, 0.717) is 5.69 Å². The third-order valence-electron chi connectivity index (χ3n) is 4.47. The third kappa shape index (κ3) is 4.87. The van der Waals surface area contributed by atoms with Crippen molar-refractivity contribution in [3.63, 3.8) is 0 Å². The third-order valence-corrected chi connectivity index (χ3v) is 4.76. The number of hydrogen-bond acceptors (Lipinski definition) is 3. The molecule has 1 amide bonds. The Balaban J connectivity index is 1.72. The van der Waals surface area contributed by atoms with Crippen LogP contribution >= 0.6 is 11.6 Å². The summed E-state index contributed by atoms with van der Waals surface area (Å²) in [4.78, 5) is 14.7. The van der Waals surface area contributed by atoms with Crippen molar-refractivity contribution >= 4 is 35.0 Å². The Morgan fingerprint density at radius 2 is 1.85 bits per heavy atom. The van der Waals surface area contributed by atoms with Crippen molar-refractivity contribution in [1.29, 1.82) is 5.26 Å². The number of halogens is 2. The minimum absolute atomic E-state index is 0.0406.